The number of piperidine rings is 1. The fourth-order valence-electron chi connectivity index (χ4n) is 3.57. The zero-order valence-corrected chi connectivity index (χ0v) is 16.9. The van der Waals surface area contributed by atoms with Crippen LogP contribution in [0.5, 0.6) is 0 Å². The van der Waals surface area contributed by atoms with E-state index >= 15 is 0 Å². The lowest BCUT2D eigenvalue weighted by Crippen LogP contribution is -2.41. The van der Waals surface area contributed by atoms with E-state index in [-0.39, 0.29) is 22.6 Å². The van der Waals surface area contributed by atoms with Gasteiger partial charge in [0, 0.05) is 30.3 Å². The van der Waals surface area contributed by atoms with Crippen molar-refractivity contribution in [3.05, 3.63) is 54.4 Å². The number of rotatable bonds is 4. The summed E-state index contributed by atoms with van der Waals surface area (Å²) >= 11 is 0. The molecule has 2 aromatic carbocycles. The lowest BCUT2D eigenvalue weighted by atomic mass is 9.95. The van der Waals surface area contributed by atoms with Gasteiger partial charge in [0.25, 0.3) is 5.91 Å². The number of carbonyl (C=O) groups is 2. The number of amides is 2. The van der Waals surface area contributed by atoms with Crippen LogP contribution in [0.15, 0.2) is 53.7 Å². The van der Waals surface area contributed by atoms with Crippen LogP contribution >= 0.6 is 0 Å². The van der Waals surface area contributed by atoms with Crippen molar-refractivity contribution >= 4 is 38.6 Å². The number of imidazole rings is 1. The molecule has 1 saturated heterocycles. The van der Waals surface area contributed by atoms with Gasteiger partial charge in [0.1, 0.15) is 0 Å². The van der Waals surface area contributed by atoms with Crippen LogP contribution in [0.4, 0.5) is 5.69 Å². The van der Waals surface area contributed by atoms with Gasteiger partial charge in [-0.05, 0) is 55.3 Å². The Labute approximate surface area is 173 Å². The molecular weight excluding hydrogens is 406 g/mol. The number of H-pyrrole nitrogens is 1. The van der Waals surface area contributed by atoms with Gasteiger partial charge < -0.3 is 15.2 Å². The number of hydrogen-bond donors (Lipinski definition) is 3. The first kappa shape index (κ1) is 20.0. The molecule has 2 heterocycles. The molecule has 1 aliphatic rings. The van der Waals surface area contributed by atoms with Crippen LogP contribution in [0, 0.1) is 5.92 Å². The van der Waals surface area contributed by atoms with Crippen LogP contribution in [0.1, 0.15) is 23.2 Å². The van der Waals surface area contributed by atoms with Gasteiger partial charge >= 0.3 is 0 Å². The molecule has 0 unspecified atom stereocenters. The predicted octanol–water partition coefficient (Wildman–Crippen LogP) is 1.70. The van der Waals surface area contributed by atoms with Gasteiger partial charge in [-0.15, -0.1) is 0 Å². The highest BCUT2D eigenvalue weighted by atomic mass is 32.2. The van der Waals surface area contributed by atoms with E-state index in [4.69, 9.17) is 5.14 Å². The molecule has 0 saturated carbocycles. The second-order valence-corrected chi connectivity index (χ2v) is 8.82. The maximum absolute atomic E-state index is 12.8. The molecule has 0 radical (unpaired) electrons. The lowest BCUT2D eigenvalue weighted by molar-refractivity contribution is -0.121. The number of hydrogen-bond acceptors (Lipinski definition) is 5. The first-order valence-electron chi connectivity index (χ1n) is 9.47. The van der Waals surface area contributed by atoms with E-state index in [1.54, 1.807) is 29.4 Å². The van der Waals surface area contributed by atoms with Gasteiger partial charge in [-0.1, -0.05) is 0 Å². The summed E-state index contributed by atoms with van der Waals surface area (Å²) in [5.41, 5.74) is 2.70. The van der Waals surface area contributed by atoms with Crippen molar-refractivity contribution in [1.82, 2.24) is 14.9 Å². The minimum Gasteiger partial charge on any atom is -0.345 e. The van der Waals surface area contributed by atoms with Crippen molar-refractivity contribution < 1.29 is 18.0 Å². The number of fused-ring (bicyclic) bond motifs is 1. The number of sulfonamides is 1. The number of nitrogens with zero attached hydrogens (tertiary/aromatic N) is 2. The number of primary sulfonamides is 1. The zero-order chi connectivity index (χ0) is 21.3. The number of aromatic nitrogens is 2. The average Bonchev–Trinajstić information content (AvgIpc) is 3.21. The van der Waals surface area contributed by atoms with Crippen molar-refractivity contribution in [2.75, 3.05) is 18.4 Å². The summed E-state index contributed by atoms with van der Waals surface area (Å²) in [6.07, 6.45) is 2.70. The summed E-state index contributed by atoms with van der Waals surface area (Å²) < 4.78 is 22.6. The number of nitrogens with one attached hydrogen (secondary N) is 2. The number of likely N-dealkylation sites (tertiary alicyclic amines) is 1. The summed E-state index contributed by atoms with van der Waals surface area (Å²) in [6, 6.07) is 11.1. The maximum Gasteiger partial charge on any atom is 0.253 e. The van der Waals surface area contributed by atoms with Gasteiger partial charge in [-0.3, -0.25) is 9.59 Å². The molecule has 1 fully saturated rings. The molecule has 9 nitrogen and oxygen atoms in total. The molecule has 4 rings (SSSR count). The average molecular weight is 427 g/mol. The molecule has 4 N–H and O–H groups in total. The summed E-state index contributed by atoms with van der Waals surface area (Å²) in [6.45, 7) is 0.977. The van der Waals surface area contributed by atoms with E-state index in [2.05, 4.69) is 15.3 Å². The number of nitrogens with two attached hydrogens (primary N) is 1. The molecule has 0 bridgehead atoms. The number of carbonyl (C=O) groups excluding carboxylic acids is 2. The van der Waals surface area contributed by atoms with E-state index in [1.165, 1.54) is 24.3 Å². The van der Waals surface area contributed by atoms with Crippen molar-refractivity contribution in [1.29, 1.82) is 0 Å². The molecule has 0 spiro atoms. The summed E-state index contributed by atoms with van der Waals surface area (Å²) in [4.78, 5) is 34.2. The Morgan fingerprint density at radius 3 is 2.47 bits per heavy atom. The molecule has 1 aromatic heterocycles. The quantitative estimate of drug-likeness (QED) is 0.582. The SMILES string of the molecule is NS(=O)(=O)c1ccc(NC(=O)C2CCN(C(=O)c3ccc4nc[nH]c4c3)CC2)cc1. The largest absolute Gasteiger partial charge is 0.345 e. The Kier molecular flexibility index (Phi) is 5.27. The van der Waals surface area contributed by atoms with Crippen molar-refractivity contribution in [3.63, 3.8) is 0 Å². The third-order valence-corrected chi connectivity index (χ3v) is 6.20. The normalized spacial score (nSPS) is 15.3. The highest BCUT2D eigenvalue weighted by Gasteiger charge is 2.28. The Morgan fingerprint density at radius 1 is 1.10 bits per heavy atom. The molecule has 0 aliphatic carbocycles. The Bertz CT molecular complexity index is 1200. The van der Waals surface area contributed by atoms with Gasteiger partial charge in [0.15, 0.2) is 0 Å². The third kappa shape index (κ3) is 4.19. The van der Waals surface area contributed by atoms with Crippen LogP contribution in [-0.2, 0) is 14.8 Å². The van der Waals surface area contributed by atoms with E-state index in [9.17, 15) is 18.0 Å². The smallest absolute Gasteiger partial charge is 0.253 e. The predicted molar refractivity (Wildman–Crippen MR) is 111 cm³/mol. The van der Waals surface area contributed by atoms with E-state index in [0.717, 1.165) is 11.0 Å². The highest BCUT2D eigenvalue weighted by molar-refractivity contribution is 7.89. The standard InChI is InChI=1S/C20H21N5O4S/c21-30(28,29)16-4-2-15(3-5-16)24-19(26)13-7-9-25(10-8-13)20(27)14-1-6-17-18(11-14)23-12-22-17/h1-6,11-13H,7-10H2,(H,22,23)(H,24,26)(H2,21,28,29). The van der Waals surface area contributed by atoms with Crippen LogP contribution in [-0.4, -0.2) is 48.2 Å². The van der Waals surface area contributed by atoms with E-state index in [1.807, 2.05) is 0 Å². The Balaban J connectivity index is 1.34. The van der Waals surface area contributed by atoms with E-state index in [0.29, 0.717) is 37.2 Å². The fraction of sp³-hybridized carbons (Fsp3) is 0.250. The van der Waals surface area contributed by atoms with Crippen LogP contribution in [0.2, 0.25) is 0 Å². The lowest BCUT2D eigenvalue weighted by Gasteiger charge is -2.31. The van der Waals surface area contributed by atoms with Gasteiger partial charge in [0.05, 0.1) is 22.3 Å². The zero-order valence-electron chi connectivity index (χ0n) is 16.0. The number of benzene rings is 2. The second kappa shape index (κ2) is 7.88. The van der Waals surface area contributed by atoms with Gasteiger partial charge in [-0.25, -0.2) is 18.5 Å². The minimum atomic E-state index is -3.77. The molecule has 30 heavy (non-hydrogen) atoms. The molecule has 2 amide bonds. The van der Waals surface area contributed by atoms with Crippen LogP contribution in [0.3, 0.4) is 0 Å². The molecule has 0 atom stereocenters. The molecule has 10 heteroatoms. The molecule has 156 valence electrons. The van der Waals surface area contributed by atoms with Crippen molar-refractivity contribution in [3.8, 4) is 0 Å². The Hall–Kier alpha value is -3.24. The monoisotopic (exact) mass is 427 g/mol. The van der Waals surface area contributed by atoms with Crippen molar-refractivity contribution in [2.24, 2.45) is 11.1 Å². The van der Waals surface area contributed by atoms with Crippen LogP contribution in [0.25, 0.3) is 11.0 Å². The van der Waals surface area contributed by atoms with Gasteiger partial charge in [-0.2, -0.15) is 0 Å². The number of aromatic amines is 1. The maximum atomic E-state index is 12.8. The highest BCUT2D eigenvalue weighted by Crippen LogP contribution is 2.22. The van der Waals surface area contributed by atoms with Gasteiger partial charge in [0.2, 0.25) is 15.9 Å². The first-order chi connectivity index (χ1) is 14.3. The fourth-order valence-corrected chi connectivity index (χ4v) is 4.08. The molecular formula is C20H21N5O4S. The first-order valence-corrected chi connectivity index (χ1v) is 11.0. The summed E-state index contributed by atoms with van der Waals surface area (Å²) in [7, 11) is -3.77. The third-order valence-electron chi connectivity index (χ3n) is 5.27. The topological polar surface area (TPSA) is 138 Å². The number of anilines is 1. The minimum absolute atomic E-state index is 0.0133. The van der Waals surface area contributed by atoms with Crippen molar-refractivity contribution in [2.45, 2.75) is 17.7 Å². The second-order valence-electron chi connectivity index (χ2n) is 7.26. The van der Waals surface area contributed by atoms with E-state index < -0.39 is 10.0 Å². The summed E-state index contributed by atoms with van der Waals surface area (Å²) in [5, 5.41) is 7.87. The van der Waals surface area contributed by atoms with Crippen LogP contribution < -0.4 is 10.5 Å². The molecule has 1 aliphatic heterocycles. The molecule has 3 aromatic rings. The Morgan fingerprint density at radius 2 is 1.80 bits per heavy atom. The summed E-state index contributed by atoms with van der Waals surface area (Å²) in [5.74, 6) is -0.435.